The summed E-state index contributed by atoms with van der Waals surface area (Å²) < 4.78 is 0. The molecule has 1 aliphatic heterocycles. The van der Waals surface area contributed by atoms with Crippen LogP contribution in [-0.2, 0) is 4.79 Å². The van der Waals surface area contributed by atoms with Crippen LogP contribution in [0.5, 0.6) is 0 Å². The van der Waals surface area contributed by atoms with E-state index in [9.17, 15) is 9.59 Å². The number of hydrogen-bond acceptors (Lipinski definition) is 3. The number of carbonyl (C=O) groups excluding carboxylic acids is 2. The number of amides is 1. The molecule has 0 aliphatic carbocycles. The summed E-state index contributed by atoms with van der Waals surface area (Å²) in [6, 6.07) is 17.6. The Kier molecular flexibility index (Phi) is 6.47. The van der Waals surface area contributed by atoms with Crippen molar-refractivity contribution in [3.63, 3.8) is 0 Å². The van der Waals surface area contributed by atoms with Crippen molar-refractivity contribution in [2.24, 2.45) is 0 Å². The Hall–Kier alpha value is -2.66. The third-order valence-corrected chi connectivity index (χ3v) is 5.68. The normalized spacial score (nSPS) is 15.9. The van der Waals surface area contributed by atoms with Gasteiger partial charge in [-0.15, -0.1) is 0 Å². The van der Waals surface area contributed by atoms with E-state index in [2.05, 4.69) is 4.90 Å². The van der Waals surface area contributed by atoms with Gasteiger partial charge >= 0.3 is 0 Å². The van der Waals surface area contributed by atoms with E-state index in [4.69, 9.17) is 0 Å². The van der Waals surface area contributed by atoms with Crippen molar-refractivity contribution in [2.45, 2.75) is 26.8 Å². The van der Waals surface area contributed by atoms with E-state index in [1.54, 1.807) is 6.92 Å². The van der Waals surface area contributed by atoms with Gasteiger partial charge in [0.25, 0.3) is 5.91 Å². The van der Waals surface area contributed by atoms with Crippen molar-refractivity contribution in [1.29, 1.82) is 0 Å². The van der Waals surface area contributed by atoms with E-state index in [1.165, 1.54) is 4.90 Å². The molecule has 1 atom stereocenters. The van der Waals surface area contributed by atoms with Gasteiger partial charge in [0.15, 0.2) is 11.8 Å². The third-order valence-electron chi connectivity index (χ3n) is 5.68. The highest BCUT2D eigenvalue weighted by Gasteiger charge is 2.32. The summed E-state index contributed by atoms with van der Waals surface area (Å²) in [5.41, 5.74) is 2.85. The molecule has 0 bridgehead atoms. The Balaban J connectivity index is 1.60. The first-order valence-electron chi connectivity index (χ1n) is 10.1. The summed E-state index contributed by atoms with van der Waals surface area (Å²) in [5.74, 6) is 0.273. The number of anilines is 2. The standard InChI is InChI=1S/C23H29N3O2/c1-4-26(22-8-6-5-7-9-22)23(28)18(2)24-14-16-25(17-15-24)21-12-10-20(11-13-21)19(3)27/h5-13,18H,4,14-17H2,1-3H3/p+1/t18-/m1/s1. The maximum Gasteiger partial charge on any atom is 0.284 e. The van der Waals surface area contributed by atoms with Crippen molar-refractivity contribution < 1.29 is 14.5 Å². The van der Waals surface area contributed by atoms with Crippen LogP contribution in [0.2, 0.25) is 0 Å². The number of carbonyl (C=O) groups is 2. The maximum absolute atomic E-state index is 13.1. The number of nitrogens with zero attached hydrogens (tertiary/aromatic N) is 2. The molecule has 3 rings (SSSR count). The van der Waals surface area contributed by atoms with Crippen LogP contribution in [0.1, 0.15) is 31.1 Å². The van der Waals surface area contributed by atoms with Gasteiger partial charge in [-0.3, -0.25) is 9.59 Å². The molecule has 148 valence electrons. The predicted molar refractivity (Wildman–Crippen MR) is 113 cm³/mol. The smallest absolute Gasteiger partial charge is 0.284 e. The van der Waals surface area contributed by atoms with E-state index in [1.807, 2.05) is 73.3 Å². The molecule has 0 radical (unpaired) electrons. The molecule has 1 heterocycles. The fourth-order valence-electron chi connectivity index (χ4n) is 3.87. The maximum atomic E-state index is 13.1. The number of benzene rings is 2. The molecule has 2 aromatic rings. The first-order chi connectivity index (χ1) is 13.5. The molecule has 1 N–H and O–H groups in total. The Morgan fingerprint density at radius 1 is 1.04 bits per heavy atom. The number of rotatable bonds is 6. The quantitative estimate of drug-likeness (QED) is 0.780. The average Bonchev–Trinajstić information content (AvgIpc) is 2.74. The Bertz CT molecular complexity index is 796. The minimum Gasteiger partial charge on any atom is -0.360 e. The fourth-order valence-corrected chi connectivity index (χ4v) is 3.87. The molecule has 28 heavy (non-hydrogen) atoms. The summed E-state index contributed by atoms with van der Waals surface area (Å²) in [5, 5.41) is 0. The van der Waals surface area contributed by atoms with Crippen molar-refractivity contribution in [2.75, 3.05) is 42.5 Å². The van der Waals surface area contributed by atoms with Crippen LogP contribution >= 0.6 is 0 Å². The van der Waals surface area contributed by atoms with Crippen molar-refractivity contribution in [3.05, 3.63) is 60.2 Å². The number of likely N-dealkylation sites (N-methyl/N-ethyl adjacent to an activating group) is 1. The molecule has 5 nitrogen and oxygen atoms in total. The lowest BCUT2D eigenvalue weighted by Gasteiger charge is -2.37. The Morgan fingerprint density at radius 2 is 1.64 bits per heavy atom. The first kappa shape index (κ1) is 20.1. The highest BCUT2D eigenvalue weighted by Crippen LogP contribution is 2.16. The summed E-state index contributed by atoms with van der Waals surface area (Å²) >= 11 is 0. The van der Waals surface area contributed by atoms with E-state index >= 15 is 0 Å². The molecule has 1 saturated heterocycles. The van der Waals surface area contributed by atoms with Crippen LogP contribution in [0.25, 0.3) is 0 Å². The molecule has 0 unspecified atom stereocenters. The molecule has 2 aromatic carbocycles. The predicted octanol–water partition coefficient (Wildman–Crippen LogP) is 2.04. The van der Waals surface area contributed by atoms with Crippen molar-refractivity contribution in [3.8, 4) is 0 Å². The molecule has 0 saturated carbocycles. The van der Waals surface area contributed by atoms with Crippen LogP contribution in [0.3, 0.4) is 0 Å². The molecule has 5 heteroatoms. The topological polar surface area (TPSA) is 45.1 Å². The number of piperazine rings is 1. The summed E-state index contributed by atoms with van der Waals surface area (Å²) in [4.78, 5) is 30.1. The highest BCUT2D eigenvalue weighted by molar-refractivity contribution is 5.96. The van der Waals surface area contributed by atoms with Gasteiger partial charge in [0.05, 0.1) is 26.2 Å². The van der Waals surface area contributed by atoms with Gasteiger partial charge in [-0.25, -0.2) is 0 Å². The third kappa shape index (κ3) is 4.42. The second-order valence-electron chi connectivity index (χ2n) is 7.39. The van der Waals surface area contributed by atoms with Crippen LogP contribution in [0.15, 0.2) is 54.6 Å². The molecule has 0 spiro atoms. The lowest BCUT2D eigenvalue weighted by molar-refractivity contribution is -0.914. The van der Waals surface area contributed by atoms with Gasteiger partial charge in [0.1, 0.15) is 0 Å². The zero-order valence-electron chi connectivity index (χ0n) is 17.0. The van der Waals surface area contributed by atoms with Crippen molar-refractivity contribution in [1.82, 2.24) is 0 Å². The number of hydrogen-bond donors (Lipinski definition) is 1. The zero-order chi connectivity index (χ0) is 20.1. The zero-order valence-corrected chi connectivity index (χ0v) is 17.0. The van der Waals surface area contributed by atoms with Crippen LogP contribution in [0, 0.1) is 0 Å². The molecule has 1 fully saturated rings. The number of para-hydroxylation sites is 1. The van der Waals surface area contributed by atoms with Crippen LogP contribution in [0.4, 0.5) is 11.4 Å². The van der Waals surface area contributed by atoms with E-state index < -0.39 is 0 Å². The molecular weight excluding hydrogens is 350 g/mol. The fraction of sp³-hybridized carbons (Fsp3) is 0.391. The van der Waals surface area contributed by atoms with E-state index in [-0.39, 0.29) is 17.7 Å². The summed E-state index contributed by atoms with van der Waals surface area (Å²) in [6.45, 7) is 9.99. The van der Waals surface area contributed by atoms with E-state index in [0.29, 0.717) is 6.54 Å². The molecular formula is C23H30N3O2+. The second kappa shape index (κ2) is 9.02. The van der Waals surface area contributed by atoms with E-state index in [0.717, 1.165) is 43.1 Å². The second-order valence-corrected chi connectivity index (χ2v) is 7.39. The minimum atomic E-state index is -0.0672. The largest absolute Gasteiger partial charge is 0.360 e. The monoisotopic (exact) mass is 380 g/mol. The molecule has 1 amide bonds. The van der Waals surface area contributed by atoms with Gasteiger partial charge in [-0.05, 0) is 57.2 Å². The Labute approximate surface area is 167 Å². The number of Topliss-reactive ketones (excluding diaryl/α,β-unsaturated/α-hetero) is 1. The number of quaternary nitrogens is 1. The van der Waals surface area contributed by atoms with Crippen molar-refractivity contribution >= 4 is 23.1 Å². The van der Waals surface area contributed by atoms with Crippen LogP contribution < -0.4 is 14.7 Å². The highest BCUT2D eigenvalue weighted by atomic mass is 16.2. The van der Waals surface area contributed by atoms with Gasteiger partial charge in [0.2, 0.25) is 0 Å². The van der Waals surface area contributed by atoms with Gasteiger partial charge in [-0.1, -0.05) is 18.2 Å². The lowest BCUT2D eigenvalue weighted by atomic mass is 10.1. The average molecular weight is 381 g/mol. The minimum absolute atomic E-state index is 0.0672. The summed E-state index contributed by atoms with van der Waals surface area (Å²) in [6.07, 6.45) is 0. The number of nitrogens with one attached hydrogen (secondary N) is 1. The van der Waals surface area contributed by atoms with Gasteiger partial charge in [0, 0.05) is 23.5 Å². The number of ketones is 1. The molecule has 0 aromatic heterocycles. The molecule has 1 aliphatic rings. The Morgan fingerprint density at radius 3 is 2.18 bits per heavy atom. The lowest BCUT2D eigenvalue weighted by Crippen LogP contribution is -3.19. The summed E-state index contributed by atoms with van der Waals surface area (Å²) in [7, 11) is 0. The van der Waals surface area contributed by atoms with Crippen LogP contribution in [-0.4, -0.2) is 50.5 Å². The van der Waals surface area contributed by atoms with Gasteiger partial charge < -0.3 is 14.7 Å². The SMILES string of the molecule is CCN(C(=O)[C@@H](C)[NH+]1CCN(c2ccc(C(C)=O)cc2)CC1)c1ccccc1. The van der Waals surface area contributed by atoms with Gasteiger partial charge in [-0.2, -0.15) is 0 Å². The first-order valence-corrected chi connectivity index (χ1v) is 10.1.